The zero-order valence-corrected chi connectivity index (χ0v) is 18.9. The summed E-state index contributed by atoms with van der Waals surface area (Å²) in [5.41, 5.74) is 1.48. The first-order chi connectivity index (χ1) is 15.8. The van der Waals surface area contributed by atoms with Gasteiger partial charge in [-0.3, -0.25) is 9.52 Å². The van der Waals surface area contributed by atoms with Gasteiger partial charge in [0.1, 0.15) is 5.69 Å². The molecule has 0 aliphatic heterocycles. The molecule has 8 heteroatoms. The zero-order valence-electron chi connectivity index (χ0n) is 18.1. The van der Waals surface area contributed by atoms with E-state index in [0.29, 0.717) is 16.5 Å². The van der Waals surface area contributed by atoms with Crippen molar-refractivity contribution in [3.8, 4) is 0 Å². The second kappa shape index (κ2) is 8.91. The van der Waals surface area contributed by atoms with Gasteiger partial charge in [-0.1, -0.05) is 66.2 Å². The van der Waals surface area contributed by atoms with Gasteiger partial charge in [0, 0.05) is 10.9 Å². The number of benzene rings is 3. The van der Waals surface area contributed by atoms with Crippen molar-refractivity contribution < 1.29 is 22.7 Å². The van der Waals surface area contributed by atoms with Crippen LogP contribution < -0.4 is 4.72 Å². The Morgan fingerprint density at radius 2 is 1.55 bits per heavy atom. The molecule has 0 amide bonds. The molecule has 4 rings (SSSR count). The van der Waals surface area contributed by atoms with Crippen LogP contribution in [0.3, 0.4) is 0 Å². The number of nitrogens with one attached hydrogen (secondary N) is 1. The molecule has 1 aromatic heterocycles. The number of para-hydroxylation sites is 1. The van der Waals surface area contributed by atoms with Crippen molar-refractivity contribution in [3.05, 3.63) is 95.7 Å². The van der Waals surface area contributed by atoms with Gasteiger partial charge >= 0.3 is 6.09 Å². The minimum atomic E-state index is -4.05. The van der Waals surface area contributed by atoms with Crippen molar-refractivity contribution in [1.29, 1.82) is 0 Å². The fraction of sp³-hybridized carbons (Fsp3) is 0.120. The Morgan fingerprint density at radius 3 is 2.21 bits per heavy atom. The number of rotatable bonds is 6. The number of aryl methyl sites for hydroxylation is 1. The monoisotopic (exact) mass is 462 g/mol. The Bertz CT molecular complexity index is 1440. The molecule has 168 valence electrons. The fourth-order valence-corrected chi connectivity index (χ4v) is 4.66. The molecule has 0 aliphatic rings. The minimum absolute atomic E-state index is 0.0214. The highest BCUT2D eigenvalue weighted by molar-refractivity contribution is 7.92. The molecule has 0 saturated heterocycles. The first-order valence-electron chi connectivity index (χ1n) is 10.3. The number of anilines is 1. The lowest BCUT2D eigenvalue weighted by Crippen LogP contribution is -2.21. The first kappa shape index (κ1) is 22.3. The van der Waals surface area contributed by atoms with Crippen LogP contribution in [0.15, 0.2) is 83.8 Å². The van der Waals surface area contributed by atoms with Crippen molar-refractivity contribution in [2.45, 2.75) is 18.7 Å². The molecule has 0 atom stereocenters. The number of fused-ring (bicyclic) bond motifs is 1. The van der Waals surface area contributed by atoms with E-state index in [2.05, 4.69) is 4.72 Å². The number of hydrogen-bond donors (Lipinski definition) is 1. The minimum Gasteiger partial charge on any atom is -0.449 e. The summed E-state index contributed by atoms with van der Waals surface area (Å²) in [7, 11) is -4.05. The summed E-state index contributed by atoms with van der Waals surface area (Å²) < 4.78 is 35.3. The number of nitrogens with zero attached hydrogens (tertiary/aromatic N) is 1. The molecular formula is C25H22N2O5S. The predicted octanol–water partition coefficient (Wildman–Crippen LogP) is 4.99. The van der Waals surface area contributed by atoms with Crippen LogP contribution in [0.25, 0.3) is 10.9 Å². The lowest BCUT2D eigenvalue weighted by atomic mass is 10.1. The SMILES string of the molecule is CCOC(=O)n1c(C(=O)c2ccccc2)c(NS(=O)(=O)c2ccc(C)cc2)c2ccccc21. The smallest absolute Gasteiger partial charge is 0.419 e. The molecule has 33 heavy (non-hydrogen) atoms. The second-order valence-electron chi connectivity index (χ2n) is 7.39. The Labute approximate surface area is 191 Å². The Hall–Kier alpha value is -3.91. The normalized spacial score (nSPS) is 11.3. The van der Waals surface area contributed by atoms with Crippen LogP contribution in [0.4, 0.5) is 10.5 Å². The molecule has 0 spiro atoms. The number of carbonyl (C=O) groups is 2. The number of ether oxygens (including phenoxy) is 1. The lowest BCUT2D eigenvalue weighted by molar-refractivity contribution is 0.102. The first-order valence-corrected chi connectivity index (χ1v) is 11.8. The van der Waals surface area contributed by atoms with Crippen LogP contribution in [-0.4, -0.2) is 31.5 Å². The summed E-state index contributed by atoms with van der Waals surface area (Å²) in [5, 5.41) is 0.403. The molecule has 3 aromatic carbocycles. The molecule has 0 fully saturated rings. The highest BCUT2D eigenvalue weighted by Gasteiger charge is 2.30. The van der Waals surface area contributed by atoms with E-state index < -0.39 is 21.9 Å². The van der Waals surface area contributed by atoms with E-state index in [1.807, 2.05) is 6.92 Å². The quantitative estimate of drug-likeness (QED) is 0.408. The number of aromatic nitrogens is 1. The number of carbonyl (C=O) groups excluding carboxylic acids is 2. The van der Waals surface area contributed by atoms with Gasteiger partial charge in [0.05, 0.1) is 22.7 Å². The molecule has 0 radical (unpaired) electrons. The fourth-order valence-electron chi connectivity index (χ4n) is 3.57. The summed E-state index contributed by atoms with van der Waals surface area (Å²) in [6.45, 7) is 3.60. The molecule has 0 aliphatic carbocycles. The molecule has 1 N–H and O–H groups in total. The number of ketones is 1. The number of hydrogen-bond acceptors (Lipinski definition) is 5. The van der Waals surface area contributed by atoms with Crippen molar-refractivity contribution >= 4 is 38.5 Å². The topological polar surface area (TPSA) is 94.5 Å². The Morgan fingerprint density at radius 1 is 0.909 bits per heavy atom. The summed E-state index contributed by atoms with van der Waals surface area (Å²) in [6, 6.07) is 21.4. The van der Waals surface area contributed by atoms with E-state index in [9.17, 15) is 18.0 Å². The Kier molecular flexibility index (Phi) is 6.02. The summed E-state index contributed by atoms with van der Waals surface area (Å²) in [4.78, 5) is 26.5. The van der Waals surface area contributed by atoms with Gasteiger partial charge in [-0.15, -0.1) is 0 Å². The standard InChI is InChI=1S/C25H22N2O5S/c1-3-32-25(29)27-21-12-8-7-11-20(21)22(23(27)24(28)18-9-5-4-6-10-18)26-33(30,31)19-15-13-17(2)14-16-19/h4-16,26H,3H2,1-2H3. The summed E-state index contributed by atoms with van der Waals surface area (Å²) in [5.74, 6) is -0.513. The van der Waals surface area contributed by atoms with E-state index in [0.717, 1.165) is 10.1 Å². The van der Waals surface area contributed by atoms with E-state index in [1.165, 1.54) is 12.1 Å². The third kappa shape index (κ3) is 4.25. The number of sulfonamides is 1. The average Bonchev–Trinajstić information content (AvgIpc) is 3.13. The zero-order chi connectivity index (χ0) is 23.6. The van der Waals surface area contributed by atoms with E-state index in [-0.39, 0.29) is 22.9 Å². The third-order valence-corrected chi connectivity index (χ3v) is 6.51. The molecule has 7 nitrogen and oxygen atoms in total. The van der Waals surface area contributed by atoms with Crippen molar-refractivity contribution in [2.75, 3.05) is 11.3 Å². The summed E-state index contributed by atoms with van der Waals surface area (Å²) >= 11 is 0. The van der Waals surface area contributed by atoms with Crippen LogP contribution in [0.2, 0.25) is 0 Å². The van der Waals surface area contributed by atoms with Crippen LogP contribution in [0.5, 0.6) is 0 Å². The van der Waals surface area contributed by atoms with Crippen LogP contribution in [0.1, 0.15) is 28.5 Å². The molecular weight excluding hydrogens is 440 g/mol. The van der Waals surface area contributed by atoms with Crippen molar-refractivity contribution in [1.82, 2.24) is 4.57 Å². The van der Waals surface area contributed by atoms with Gasteiger partial charge in [0.15, 0.2) is 0 Å². The molecule has 0 saturated carbocycles. The van der Waals surface area contributed by atoms with Crippen LogP contribution in [-0.2, 0) is 14.8 Å². The van der Waals surface area contributed by atoms with Crippen LogP contribution >= 0.6 is 0 Å². The van der Waals surface area contributed by atoms with Crippen LogP contribution in [0, 0.1) is 6.92 Å². The van der Waals surface area contributed by atoms with Gasteiger partial charge in [0.25, 0.3) is 10.0 Å². The van der Waals surface area contributed by atoms with Gasteiger partial charge < -0.3 is 4.74 Å². The maximum absolute atomic E-state index is 13.6. The largest absolute Gasteiger partial charge is 0.449 e. The van der Waals surface area contributed by atoms with Gasteiger partial charge in [-0.05, 0) is 32.0 Å². The molecule has 0 unspecified atom stereocenters. The Balaban J connectivity index is 1.97. The second-order valence-corrected chi connectivity index (χ2v) is 9.07. The summed E-state index contributed by atoms with van der Waals surface area (Å²) in [6.07, 6.45) is -0.770. The third-order valence-electron chi connectivity index (χ3n) is 5.14. The maximum atomic E-state index is 13.6. The van der Waals surface area contributed by atoms with E-state index in [4.69, 9.17) is 4.74 Å². The van der Waals surface area contributed by atoms with Gasteiger partial charge in [0.2, 0.25) is 5.78 Å². The van der Waals surface area contributed by atoms with E-state index >= 15 is 0 Å². The molecule has 1 heterocycles. The van der Waals surface area contributed by atoms with Gasteiger partial charge in [-0.25, -0.2) is 17.8 Å². The van der Waals surface area contributed by atoms with E-state index in [1.54, 1.807) is 73.7 Å². The molecule has 0 bridgehead atoms. The maximum Gasteiger partial charge on any atom is 0.419 e. The average molecular weight is 463 g/mol. The lowest BCUT2D eigenvalue weighted by Gasteiger charge is -2.12. The van der Waals surface area contributed by atoms with Crippen molar-refractivity contribution in [2.24, 2.45) is 0 Å². The molecule has 4 aromatic rings. The highest BCUT2D eigenvalue weighted by atomic mass is 32.2. The van der Waals surface area contributed by atoms with Gasteiger partial charge in [-0.2, -0.15) is 0 Å². The highest BCUT2D eigenvalue weighted by Crippen LogP contribution is 2.34. The predicted molar refractivity (Wildman–Crippen MR) is 126 cm³/mol. The van der Waals surface area contributed by atoms with Crippen molar-refractivity contribution in [3.63, 3.8) is 0 Å².